The van der Waals surface area contributed by atoms with Gasteiger partial charge in [0.25, 0.3) is 0 Å². The lowest BCUT2D eigenvalue weighted by molar-refractivity contribution is -0.227. The van der Waals surface area contributed by atoms with Crippen LogP contribution in [0.15, 0.2) is 0 Å². The first kappa shape index (κ1) is 16.9. The second-order valence-corrected chi connectivity index (χ2v) is 5.32. The lowest BCUT2D eigenvalue weighted by atomic mass is 10.00. The van der Waals surface area contributed by atoms with Crippen LogP contribution in [0, 0.1) is 0 Å². The Morgan fingerprint density at radius 3 is 1.70 bits per heavy atom. The number of ether oxygens (including phenoxy) is 4. The summed E-state index contributed by atoms with van der Waals surface area (Å²) in [6, 6.07) is 0. The first-order chi connectivity index (χ1) is 9.22. The molecular formula is C12H17BrO7. The lowest BCUT2D eigenvalue weighted by Gasteiger charge is -2.41. The minimum absolute atomic E-state index is 0.528. The molecule has 8 heteroatoms. The van der Waals surface area contributed by atoms with Crippen LogP contribution in [0.4, 0.5) is 0 Å². The number of alkyl halides is 1. The topological polar surface area (TPSA) is 88.1 Å². The zero-order valence-corrected chi connectivity index (χ0v) is 13.2. The Hall–Kier alpha value is -1.15. The second kappa shape index (κ2) is 7.03. The first-order valence-electron chi connectivity index (χ1n) is 6.03. The molecule has 0 bridgehead atoms. The van der Waals surface area contributed by atoms with Gasteiger partial charge in [-0.1, -0.05) is 15.9 Å². The van der Waals surface area contributed by atoms with Crippen LogP contribution in [-0.4, -0.2) is 47.3 Å². The molecule has 0 saturated carbocycles. The van der Waals surface area contributed by atoms with Crippen molar-refractivity contribution < 1.29 is 33.3 Å². The molecule has 1 heterocycles. The number of esters is 3. The minimum Gasteiger partial charge on any atom is -0.456 e. The van der Waals surface area contributed by atoms with Gasteiger partial charge < -0.3 is 18.9 Å². The van der Waals surface area contributed by atoms with Crippen molar-refractivity contribution in [1.29, 1.82) is 0 Å². The third-order valence-electron chi connectivity index (χ3n) is 2.62. The first-order valence-corrected chi connectivity index (χ1v) is 6.95. The van der Waals surface area contributed by atoms with Crippen LogP contribution >= 0.6 is 15.9 Å². The maximum atomic E-state index is 11.2. The van der Waals surface area contributed by atoms with E-state index < -0.39 is 47.3 Å². The number of carbonyl (C=O) groups is 3. The zero-order chi connectivity index (χ0) is 15.4. The quantitative estimate of drug-likeness (QED) is 0.424. The fraction of sp³-hybridized carbons (Fsp3) is 0.750. The van der Waals surface area contributed by atoms with Gasteiger partial charge in [0.1, 0.15) is 0 Å². The summed E-state index contributed by atoms with van der Waals surface area (Å²) in [6.07, 6.45) is -3.22. The van der Waals surface area contributed by atoms with Crippen LogP contribution in [0.25, 0.3) is 0 Å². The highest BCUT2D eigenvalue weighted by Gasteiger charge is 2.49. The Morgan fingerprint density at radius 2 is 1.25 bits per heavy atom. The van der Waals surface area contributed by atoms with Gasteiger partial charge in [-0.05, 0) is 6.92 Å². The predicted molar refractivity (Wildman–Crippen MR) is 69.9 cm³/mol. The molecule has 5 unspecified atom stereocenters. The molecule has 0 aromatic carbocycles. The van der Waals surface area contributed by atoms with Gasteiger partial charge in [0.15, 0.2) is 23.3 Å². The Bertz CT molecular complexity index is 369. The Morgan fingerprint density at radius 1 is 0.850 bits per heavy atom. The lowest BCUT2D eigenvalue weighted by Crippen LogP contribution is -2.59. The van der Waals surface area contributed by atoms with Crippen molar-refractivity contribution in [2.24, 2.45) is 0 Å². The third-order valence-corrected chi connectivity index (χ3v) is 3.36. The van der Waals surface area contributed by atoms with Gasteiger partial charge in [0.2, 0.25) is 0 Å². The molecule has 1 rings (SSSR count). The molecule has 1 saturated heterocycles. The summed E-state index contributed by atoms with van der Waals surface area (Å²) in [5.41, 5.74) is 0. The summed E-state index contributed by atoms with van der Waals surface area (Å²) >= 11 is 3.22. The highest BCUT2D eigenvalue weighted by Crippen LogP contribution is 2.31. The van der Waals surface area contributed by atoms with E-state index in [4.69, 9.17) is 18.9 Å². The van der Waals surface area contributed by atoms with Crippen LogP contribution in [0.1, 0.15) is 27.7 Å². The molecule has 0 amide bonds. The highest BCUT2D eigenvalue weighted by atomic mass is 79.9. The van der Waals surface area contributed by atoms with Crippen molar-refractivity contribution in [1.82, 2.24) is 0 Å². The molecule has 114 valence electrons. The molecule has 0 aromatic rings. The molecule has 0 radical (unpaired) electrons. The second-order valence-electron chi connectivity index (χ2n) is 4.41. The monoisotopic (exact) mass is 352 g/mol. The van der Waals surface area contributed by atoms with Crippen molar-refractivity contribution >= 4 is 33.8 Å². The molecule has 1 aliphatic rings. The number of carbonyl (C=O) groups excluding carboxylic acids is 3. The van der Waals surface area contributed by atoms with E-state index in [0.717, 1.165) is 0 Å². The molecule has 0 N–H and O–H groups in total. The van der Waals surface area contributed by atoms with E-state index in [1.807, 2.05) is 0 Å². The fourth-order valence-corrected chi connectivity index (χ4v) is 2.70. The van der Waals surface area contributed by atoms with E-state index in [0.29, 0.717) is 0 Å². The molecule has 1 aliphatic heterocycles. The Balaban J connectivity index is 3.01. The van der Waals surface area contributed by atoms with E-state index in [1.54, 1.807) is 6.92 Å². The van der Waals surface area contributed by atoms with Gasteiger partial charge in [-0.2, -0.15) is 0 Å². The average molecular weight is 353 g/mol. The van der Waals surface area contributed by atoms with Crippen LogP contribution in [0.3, 0.4) is 0 Å². The minimum atomic E-state index is -0.937. The number of halogens is 1. The van der Waals surface area contributed by atoms with Crippen molar-refractivity contribution in [2.75, 3.05) is 0 Å². The molecule has 0 spiro atoms. The summed E-state index contributed by atoms with van der Waals surface area (Å²) in [6.45, 7) is 5.35. The predicted octanol–water partition coefficient (Wildman–Crippen LogP) is 0.921. The number of hydrogen-bond donors (Lipinski definition) is 0. The smallest absolute Gasteiger partial charge is 0.303 e. The summed E-state index contributed by atoms with van der Waals surface area (Å²) in [4.78, 5) is 33.5. The molecule has 20 heavy (non-hydrogen) atoms. The molecule has 0 aromatic heterocycles. The summed E-state index contributed by atoms with van der Waals surface area (Å²) in [5, 5.41) is -0.669. The van der Waals surface area contributed by atoms with Crippen molar-refractivity contribution in [2.45, 2.75) is 57.1 Å². The van der Waals surface area contributed by atoms with E-state index >= 15 is 0 Å². The van der Waals surface area contributed by atoms with Gasteiger partial charge in [-0.3, -0.25) is 14.4 Å². The Labute approximate surface area is 125 Å². The molecular weight excluding hydrogens is 336 g/mol. The van der Waals surface area contributed by atoms with Crippen LogP contribution < -0.4 is 0 Å². The largest absolute Gasteiger partial charge is 0.456 e. The molecule has 0 aliphatic carbocycles. The number of hydrogen-bond acceptors (Lipinski definition) is 7. The van der Waals surface area contributed by atoms with E-state index in [-0.39, 0.29) is 0 Å². The van der Waals surface area contributed by atoms with Crippen LogP contribution in [0.2, 0.25) is 0 Å². The molecule has 1 fully saturated rings. The van der Waals surface area contributed by atoms with Gasteiger partial charge in [0, 0.05) is 20.8 Å². The molecule has 5 atom stereocenters. The highest BCUT2D eigenvalue weighted by molar-refractivity contribution is 9.09. The van der Waals surface area contributed by atoms with Gasteiger partial charge in [-0.25, -0.2) is 0 Å². The summed E-state index contributed by atoms with van der Waals surface area (Å²) < 4.78 is 20.9. The summed E-state index contributed by atoms with van der Waals surface area (Å²) in [7, 11) is 0. The standard InChI is InChI=1S/C12H17BrO7/c1-5-9(18-6(2)14)10(19-7(3)15)11(12(13)17-5)20-8(4)16/h5,9-12H,1-4H3. The average Bonchev–Trinajstić information content (AvgIpc) is 2.27. The number of rotatable bonds is 3. The van der Waals surface area contributed by atoms with Gasteiger partial charge in [0.05, 0.1) is 6.10 Å². The maximum Gasteiger partial charge on any atom is 0.303 e. The maximum absolute atomic E-state index is 11.2. The van der Waals surface area contributed by atoms with Crippen LogP contribution in [0.5, 0.6) is 0 Å². The van der Waals surface area contributed by atoms with E-state index in [2.05, 4.69) is 15.9 Å². The van der Waals surface area contributed by atoms with Crippen molar-refractivity contribution in [3.8, 4) is 0 Å². The van der Waals surface area contributed by atoms with E-state index in [9.17, 15) is 14.4 Å². The Kier molecular flexibility index (Phi) is 5.94. The van der Waals surface area contributed by atoms with Crippen molar-refractivity contribution in [3.05, 3.63) is 0 Å². The zero-order valence-electron chi connectivity index (χ0n) is 11.6. The van der Waals surface area contributed by atoms with Crippen molar-refractivity contribution in [3.63, 3.8) is 0 Å². The summed E-state index contributed by atoms with van der Waals surface area (Å²) in [5.74, 6) is -1.67. The van der Waals surface area contributed by atoms with Gasteiger partial charge in [-0.15, -0.1) is 0 Å². The SMILES string of the molecule is CC(=O)OC1C(C)OC(Br)C(OC(C)=O)C1OC(C)=O. The van der Waals surface area contributed by atoms with Crippen LogP contribution in [-0.2, 0) is 33.3 Å². The fourth-order valence-electron chi connectivity index (χ4n) is 1.96. The normalized spacial score (nSPS) is 33.1. The van der Waals surface area contributed by atoms with Gasteiger partial charge >= 0.3 is 17.9 Å². The third kappa shape index (κ3) is 4.45. The molecule has 7 nitrogen and oxygen atoms in total. The van der Waals surface area contributed by atoms with E-state index in [1.165, 1.54) is 20.8 Å².